The van der Waals surface area contributed by atoms with Crippen molar-refractivity contribution in [2.75, 3.05) is 7.05 Å². The van der Waals surface area contributed by atoms with E-state index in [9.17, 15) is 4.39 Å². The zero-order valence-corrected chi connectivity index (χ0v) is 12.5. The molecule has 2 aromatic carbocycles. The van der Waals surface area contributed by atoms with Crippen LogP contribution in [-0.2, 0) is 12.8 Å². The Kier molecular flexibility index (Phi) is 5.16. The zero-order valence-electron chi connectivity index (χ0n) is 11.8. The molecule has 1 nitrogen and oxygen atoms in total. The second kappa shape index (κ2) is 6.87. The molecule has 2 rings (SSSR count). The monoisotopic (exact) mass is 291 g/mol. The second-order valence-corrected chi connectivity index (χ2v) is 5.32. The van der Waals surface area contributed by atoms with Gasteiger partial charge in [0.05, 0.1) is 0 Å². The van der Waals surface area contributed by atoms with Crippen molar-refractivity contribution in [1.29, 1.82) is 0 Å². The van der Waals surface area contributed by atoms with Gasteiger partial charge in [-0.2, -0.15) is 0 Å². The normalized spacial score (nSPS) is 12.4. The van der Waals surface area contributed by atoms with Crippen LogP contribution < -0.4 is 5.32 Å². The molecule has 1 N–H and O–H groups in total. The van der Waals surface area contributed by atoms with E-state index in [-0.39, 0.29) is 11.9 Å². The van der Waals surface area contributed by atoms with Gasteiger partial charge in [0.2, 0.25) is 0 Å². The van der Waals surface area contributed by atoms with E-state index >= 15 is 0 Å². The molecule has 20 heavy (non-hydrogen) atoms. The van der Waals surface area contributed by atoms with Crippen molar-refractivity contribution in [2.45, 2.75) is 25.8 Å². The third-order valence-corrected chi connectivity index (χ3v) is 3.79. The molecule has 0 heterocycles. The number of likely N-dealkylation sites (N-methyl/N-ethyl adjacent to an activating group) is 1. The Bertz CT molecular complexity index is 566. The minimum atomic E-state index is -0.223. The fourth-order valence-electron chi connectivity index (χ4n) is 2.30. The predicted molar refractivity (Wildman–Crippen MR) is 82.7 cm³/mol. The van der Waals surface area contributed by atoms with Crippen molar-refractivity contribution >= 4 is 11.6 Å². The van der Waals surface area contributed by atoms with E-state index in [1.807, 2.05) is 7.05 Å². The summed E-state index contributed by atoms with van der Waals surface area (Å²) in [7, 11) is 1.84. The first-order valence-electron chi connectivity index (χ1n) is 6.84. The van der Waals surface area contributed by atoms with Gasteiger partial charge in [-0.25, -0.2) is 4.39 Å². The van der Waals surface area contributed by atoms with Crippen LogP contribution in [0.2, 0.25) is 5.02 Å². The zero-order chi connectivity index (χ0) is 14.5. The highest BCUT2D eigenvalue weighted by molar-refractivity contribution is 6.30. The van der Waals surface area contributed by atoms with Gasteiger partial charge in [0.25, 0.3) is 0 Å². The molecule has 2 aromatic rings. The molecular weight excluding hydrogens is 273 g/mol. The molecule has 106 valence electrons. The molecule has 0 saturated heterocycles. The first kappa shape index (κ1) is 15.0. The lowest BCUT2D eigenvalue weighted by molar-refractivity contribution is 0.534. The summed E-state index contributed by atoms with van der Waals surface area (Å²) in [5.41, 5.74) is 3.10. The molecule has 1 atom stereocenters. The standard InChI is InChI=1S/C17H19ClFN/c1-3-12-4-6-13(7-5-12)10-17(20-2)15-11-14(18)8-9-16(15)19/h4-9,11,17,20H,3,10H2,1-2H3. The smallest absolute Gasteiger partial charge is 0.128 e. The number of nitrogens with one attached hydrogen (secondary N) is 1. The predicted octanol–water partition coefficient (Wildman–Crippen LogP) is 4.54. The van der Waals surface area contributed by atoms with Crippen LogP contribution in [-0.4, -0.2) is 7.05 Å². The van der Waals surface area contributed by atoms with E-state index < -0.39 is 0 Å². The van der Waals surface area contributed by atoms with Crippen LogP contribution in [0, 0.1) is 5.82 Å². The van der Waals surface area contributed by atoms with Gasteiger partial charge in [0.1, 0.15) is 5.82 Å². The lowest BCUT2D eigenvalue weighted by Crippen LogP contribution is -2.20. The van der Waals surface area contributed by atoms with Gasteiger partial charge in [-0.1, -0.05) is 42.8 Å². The van der Waals surface area contributed by atoms with Crippen LogP contribution in [0.4, 0.5) is 4.39 Å². The summed E-state index contributed by atoms with van der Waals surface area (Å²) >= 11 is 5.97. The number of rotatable bonds is 5. The highest BCUT2D eigenvalue weighted by Crippen LogP contribution is 2.24. The molecule has 0 aromatic heterocycles. The second-order valence-electron chi connectivity index (χ2n) is 4.88. The van der Waals surface area contributed by atoms with Crippen molar-refractivity contribution in [3.63, 3.8) is 0 Å². The summed E-state index contributed by atoms with van der Waals surface area (Å²) < 4.78 is 13.9. The molecule has 1 unspecified atom stereocenters. The molecule has 0 fully saturated rings. The molecule has 3 heteroatoms. The lowest BCUT2D eigenvalue weighted by atomic mass is 9.97. The Morgan fingerprint density at radius 2 is 1.75 bits per heavy atom. The molecular formula is C17H19ClFN. The third-order valence-electron chi connectivity index (χ3n) is 3.55. The lowest BCUT2D eigenvalue weighted by Gasteiger charge is -2.18. The Hall–Kier alpha value is -1.38. The van der Waals surface area contributed by atoms with Crippen molar-refractivity contribution < 1.29 is 4.39 Å². The topological polar surface area (TPSA) is 12.0 Å². The molecule has 0 spiro atoms. The molecule has 0 radical (unpaired) electrons. The van der Waals surface area contributed by atoms with Gasteiger partial charge >= 0.3 is 0 Å². The van der Waals surface area contributed by atoms with Crippen LogP contribution in [0.1, 0.15) is 29.7 Å². The Labute approximate surface area is 124 Å². The summed E-state index contributed by atoms with van der Waals surface area (Å²) in [6.07, 6.45) is 1.76. The van der Waals surface area contributed by atoms with Gasteiger partial charge in [-0.15, -0.1) is 0 Å². The van der Waals surface area contributed by atoms with Crippen LogP contribution >= 0.6 is 11.6 Å². The maximum atomic E-state index is 13.9. The Morgan fingerprint density at radius 1 is 1.10 bits per heavy atom. The van der Waals surface area contributed by atoms with Crippen LogP contribution in [0.3, 0.4) is 0 Å². The summed E-state index contributed by atoms with van der Waals surface area (Å²) in [5, 5.41) is 3.72. The molecule has 0 aliphatic carbocycles. The third kappa shape index (κ3) is 3.59. The van der Waals surface area contributed by atoms with E-state index in [1.54, 1.807) is 12.1 Å². The van der Waals surface area contributed by atoms with Gasteiger partial charge in [-0.3, -0.25) is 0 Å². The maximum Gasteiger partial charge on any atom is 0.128 e. The van der Waals surface area contributed by atoms with Crippen molar-refractivity contribution in [2.24, 2.45) is 0 Å². The van der Waals surface area contributed by atoms with Crippen molar-refractivity contribution in [3.8, 4) is 0 Å². The fraction of sp³-hybridized carbons (Fsp3) is 0.294. The fourth-order valence-corrected chi connectivity index (χ4v) is 2.48. The highest BCUT2D eigenvalue weighted by atomic mass is 35.5. The summed E-state index contributed by atoms with van der Waals surface area (Å²) in [6, 6.07) is 13.1. The van der Waals surface area contributed by atoms with E-state index in [0.717, 1.165) is 12.8 Å². The summed E-state index contributed by atoms with van der Waals surface area (Å²) in [5.74, 6) is -0.223. The van der Waals surface area contributed by atoms with E-state index in [4.69, 9.17) is 11.6 Å². The molecule has 0 aliphatic rings. The first-order chi connectivity index (χ1) is 9.63. The van der Waals surface area contributed by atoms with Crippen molar-refractivity contribution in [3.05, 3.63) is 70.0 Å². The van der Waals surface area contributed by atoms with Gasteiger partial charge < -0.3 is 5.32 Å². The van der Waals surface area contributed by atoms with E-state index in [0.29, 0.717) is 10.6 Å². The number of hydrogen-bond acceptors (Lipinski definition) is 1. The first-order valence-corrected chi connectivity index (χ1v) is 7.22. The quantitative estimate of drug-likeness (QED) is 0.852. The number of benzene rings is 2. The van der Waals surface area contributed by atoms with E-state index in [2.05, 4.69) is 36.5 Å². The number of halogens is 2. The average molecular weight is 292 g/mol. The SMILES string of the molecule is CCc1ccc(CC(NC)c2cc(Cl)ccc2F)cc1. The van der Waals surface area contributed by atoms with Crippen LogP contribution in [0.25, 0.3) is 0 Å². The number of aryl methyl sites for hydroxylation is 1. The minimum Gasteiger partial charge on any atom is -0.313 e. The van der Waals surface area contributed by atoms with E-state index in [1.165, 1.54) is 17.2 Å². The molecule has 0 bridgehead atoms. The average Bonchev–Trinajstić information content (AvgIpc) is 2.48. The van der Waals surface area contributed by atoms with Crippen LogP contribution in [0.5, 0.6) is 0 Å². The minimum absolute atomic E-state index is 0.0822. The van der Waals surface area contributed by atoms with Gasteiger partial charge in [-0.05, 0) is 49.2 Å². The molecule has 0 saturated carbocycles. The molecule has 0 aliphatic heterocycles. The summed E-state index contributed by atoms with van der Waals surface area (Å²) in [4.78, 5) is 0. The van der Waals surface area contributed by atoms with Crippen molar-refractivity contribution in [1.82, 2.24) is 5.32 Å². The Morgan fingerprint density at radius 3 is 2.35 bits per heavy atom. The highest BCUT2D eigenvalue weighted by Gasteiger charge is 2.15. The van der Waals surface area contributed by atoms with Gasteiger partial charge in [0.15, 0.2) is 0 Å². The Balaban J connectivity index is 2.21. The maximum absolute atomic E-state index is 13.9. The van der Waals surface area contributed by atoms with Crippen LogP contribution in [0.15, 0.2) is 42.5 Å². The largest absolute Gasteiger partial charge is 0.313 e. The molecule has 0 amide bonds. The summed E-state index contributed by atoms with van der Waals surface area (Å²) in [6.45, 7) is 2.13. The van der Waals surface area contributed by atoms with Gasteiger partial charge in [0, 0.05) is 16.6 Å². The number of hydrogen-bond donors (Lipinski definition) is 1.